The van der Waals surface area contributed by atoms with E-state index in [0.717, 1.165) is 4.88 Å². The van der Waals surface area contributed by atoms with E-state index >= 15 is 0 Å². The van der Waals surface area contributed by atoms with Crippen LogP contribution in [-0.4, -0.2) is 42.6 Å². The number of hydrogen-bond acceptors (Lipinski definition) is 4. The first-order valence-electron chi connectivity index (χ1n) is 5.72. The predicted molar refractivity (Wildman–Crippen MR) is 75.1 cm³/mol. The van der Waals surface area contributed by atoms with E-state index in [0.29, 0.717) is 17.3 Å². The van der Waals surface area contributed by atoms with Gasteiger partial charge in [-0.05, 0) is 18.6 Å². The number of halogens is 1. The van der Waals surface area contributed by atoms with E-state index in [1.54, 1.807) is 6.07 Å². The second kappa shape index (κ2) is 8.39. The maximum atomic E-state index is 11.3. The Morgan fingerprint density at radius 1 is 1.15 bits per heavy atom. The molecule has 0 atom stereocenters. The van der Waals surface area contributed by atoms with Crippen molar-refractivity contribution in [3.63, 3.8) is 0 Å². The van der Waals surface area contributed by atoms with E-state index in [1.807, 2.05) is 6.07 Å². The molecule has 7 nitrogen and oxygen atoms in total. The van der Waals surface area contributed by atoms with Gasteiger partial charge in [0, 0.05) is 11.4 Å². The van der Waals surface area contributed by atoms with Crippen LogP contribution < -0.4 is 16.0 Å². The molecule has 0 aliphatic heterocycles. The van der Waals surface area contributed by atoms with Gasteiger partial charge in [0.2, 0.25) is 5.91 Å². The number of amides is 3. The molecule has 0 bridgehead atoms. The Labute approximate surface area is 124 Å². The van der Waals surface area contributed by atoms with Crippen molar-refractivity contribution in [1.82, 2.24) is 16.0 Å². The van der Waals surface area contributed by atoms with E-state index in [2.05, 4.69) is 16.0 Å². The van der Waals surface area contributed by atoms with Crippen LogP contribution in [0, 0.1) is 0 Å². The SMILES string of the molecule is O=C(O)CNC(=O)CNC(=O)NCCc1ccc(Cl)s1. The topological polar surface area (TPSA) is 108 Å². The zero-order valence-corrected chi connectivity index (χ0v) is 12.0. The van der Waals surface area contributed by atoms with Gasteiger partial charge in [-0.15, -0.1) is 11.3 Å². The van der Waals surface area contributed by atoms with Crippen LogP contribution in [0.5, 0.6) is 0 Å². The first-order chi connectivity index (χ1) is 9.47. The molecule has 1 aromatic rings. The Bertz CT molecular complexity index is 492. The van der Waals surface area contributed by atoms with Crippen molar-refractivity contribution in [3.8, 4) is 0 Å². The first-order valence-corrected chi connectivity index (χ1v) is 6.91. The summed E-state index contributed by atoms with van der Waals surface area (Å²) in [6.07, 6.45) is 0.649. The summed E-state index contributed by atoms with van der Waals surface area (Å²) in [4.78, 5) is 33.7. The number of carbonyl (C=O) groups is 3. The van der Waals surface area contributed by atoms with Crippen molar-refractivity contribution in [2.75, 3.05) is 19.6 Å². The molecule has 0 unspecified atom stereocenters. The maximum absolute atomic E-state index is 11.3. The van der Waals surface area contributed by atoms with Crippen molar-refractivity contribution in [2.45, 2.75) is 6.42 Å². The van der Waals surface area contributed by atoms with Gasteiger partial charge in [0.1, 0.15) is 6.54 Å². The van der Waals surface area contributed by atoms with E-state index in [4.69, 9.17) is 16.7 Å². The Kier molecular flexibility index (Phi) is 6.82. The number of urea groups is 1. The fraction of sp³-hybridized carbons (Fsp3) is 0.364. The highest BCUT2D eigenvalue weighted by Gasteiger charge is 2.06. The minimum absolute atomic E-state index is 0.274. The largest absolute Gasteiger partial charge is 0.480 e. The minimum atomic E-state index is -1.14. The predicted octanol–water partition coefficient (Wildman–Crippen LogP) is 0.444. The van der Waals surface area contributed by atoms with Crippen molar-refractivity contribution in [3.05, 3.63) is 21.3 Å². The zero-order chi connectivity index (χ0) is 15.0. The third-order valence-corrected chi connectivity index (χ3v) is 3.42. The van der Waals surface area contributed by atoms with Crippen LogP contribution in [0.4, 0.5) is 4.79 Å². The molecule has 1 heterocycles. The Morgan fingerprint density at radius 2 is 1.90 bits per heavy atom. The number of rotatable bonds is 7. The lowest BCUT2D eigenvalue weighted by atomic mass is 10.3. The molecule has 3 amide bonds. The lowest BCUT2D eigenvalue weighted by molar-refractivity contribution is -0.137. The molecule has 1 rings (SSSR count). The summed E-state index contributed by atoms with van der Waals surface area (Å²) in [6, 6.07) is 3.18. The highest BCUT2D eigenvalue weighted by Crippen LogP contribution is 2.21. The number of carboxylic acids is 1. The monoisotopic (exact) mass is 319 g/mol. The molecule has 4 N–H and O–H groups in total. The molecule has 20 heavy (non-hydrogen) atoms. The smallest absolute Gasteiger partial charge is 0.322 e. The molecule has 0 aromatic carbocycles. The number of aliphatic carboxylic acids is 1. The van der Waals surface area contributed by atoms with Crippen LogP contribution in [0.1, 0.15) is 4.88 Å². The number of thiophene rings is 1. The molecular formula is C11H14ClN3O4S. The van der Waals surface area contributed by atoms with Gasteiger partial charge in [-0.2, -0.15) is 0 Å². The molecule has 0 fully saturated rings. The molecule has 0 aliphatic carbocycles. The molecule has 0 spiro atoms. The summed E-state index contributed by atoms with van der Waals surface area (Å²) in [5.74, 6) is -1.70. The summed E-state index contributed by atoms with van der Waals surface area (Å²) >= 11 is 7.21. The average molecular weight is 320 g/mol. The van der Waals surface area contributed by atoms with Gasteiger partial charge in [0.15, 0.2) is 0 Å². The molecule has 0 saturated heterocycles. The summed E-state index contributed by atoms with van der Waals surface area (Å²) in [5.41, 5.74) is 0. The number of carboxylic acid groups (broad SMARTS) is 1. The highest BCUT2D eigenvalue weighted by atomic mass is 35.5. The van der Waals surface area contributed by atoms with E-state index < -0.39 is 24.5 Å². The second-order valence-electron chi connectivity index (χ2n) is 3.74. The lowest BCUT2D eigenvalue weighted by Gasteiger charge is -2.06. The Morgan fingerprint density at radius 3 is 2.50 bits per heavy atom. The van der Waals surface area contributed by atoms with Crippen LogP contribution in [0.2, 0.25) is 4.34 Å². The van der Waals surface area contributed by atoms with Gasteiger partial charge in [0.25, 0.3) is 0 Å². The van der Waals surface area contributed by atoms with Gasteiger partial charge in [-0.25, -0.2) is 4.79 Å². The molecule has 0 aliphatic rings. The Balaban J connectivity index is 2.11. The summed E-state index contributed by atoms with van der Waals surface area (Å²) in [7, 11) is 0. The molecule has 1 aromatic heterocycles. The molecule has 0 radical (unpaired) electrons. The Hall–Kier alpha value is -1.80. The second-order valence-corrected chi connectivity index (χ2v) is 5.54. The highest BCUT2D eigenvalue weighted by molar-refractivity contribution is 7.16. The third-order valence-electron chi connectivity index (χ3n) is 2.13. The number of hydrogen-bond donors (Lipinski definition) is 4. The summed E-state index contributed by atoms with van der Waals surface area (Å²) in [6.45, 7) is -0.329. The van der Waals surface area contributed by atoms with Crippen molar-refractivity contribution < 1.29 is 19.5 Å². The molecule has 9 heteroatoms. The van der Waals surface area contributed by atoms with Crippen LogP contribution >= 0.6 is 22.9 Å². The van der Waals surface area contributed by atoms with Gasteiger partial charge in [-0.3, -0.25) is 9.59 Å². The zero-order valence-electron chi connectivity index (χ0n) is 10.4. The van der Waals surface area contributed by atoms with Crippen molar-refractivity contribution in [2.24, 2.45) is 0 Å². The van der Waals surface area contributed by atoms with Crippen molar-refractivity contribution in [1.29, 1.82) is 0 Å². The quantitative estimate of drug-likeness (QED) is 0.585. The molecular weight excluding hydrogens is 306 g/mol. The van der Waals surface area contributed by atoms with Crippen LogP contribution in [0.3, 0.4) is 0 Å². The fourth-order valence-corrected chi connectivity index (χ4v) is 2.33. The fourth-order valence-electron chi connectivity index (χ4n) is 1.25. The van der Waals surface area contributed by atoms with Gasteiger partial charge < -0.3 is 21.1 Å². The van der Waals surface area contributed by atoms with Gasteiger partial charge in [0.05, 0.1) is 10.9 Å². The van der Waals surface area contributed by atoms with Gasteiger partial charge >= 0.3 is 12.0 Å². The first kappa shape index (κ1) is 16.3. The molecule has 110 valence electrons. The number of nitrogens with one attached hydrogen (secondary N) is 3. The average Bonchev–Trinajstić information content (AvgIpc) is 2.79. The van der Waals surface area contributed by atoms with Crippen LogP contribution in [0.25, 0.3) is 0 Å². The van der Waals surface area contributed by atoms with E-state index in [-0.39, 0.29) is 6.54 Å². The van der Waals surface area contributed by atoms with Crippen LogP contribution in [0.15, 0.2) is 12.1 Å². The number of carbonyl (C=O) groups excluding carboxylic acids is 2. The summed E-state index contributed by atoms with van der Waals surface area (Å²) < 4.78 is 0.694. The summed E-state index contributed by atoms with van der Waals surface area (Å²) in [5, 5.41) is 15.4. The standard InChI is InChI=1S/C11H14ClN3O4S/c12-8-2-1-7(20-8)3-4-13-11(19)15-5-9(16)14-6-10(17)18/h1-2H,3-6H2,(H,14,16)(H,17,18)(H2,13,15,19). The lowest BCUT2D eigenvalue weighted by Crippen LogP contribution is -2.43. The third kappa shape index (κ3) is 6.95. The van der Waals surface area contributed by atoms with Crippen LogP contribution in [-0.2, 0) is 16.0 Å². The van der Waals surface area contributed by atoms with Crippen molar-refractivity contribution >= 4 is 40.8 Å². The van der Waals surface area contributed by atoms with E-state index in [1.165, 1.54) is 11.3 Å². The normalized spacial score (nSPS) is 9.85. The maximum Gasteiger partial charge on any atom is 0.322 e. The van der Waals surface area contributed by atoms with Gasteiger partial charge in [-0.1, -0.05) is 11.6 Å². The minimum Gasteiger partial charge on any atom is -0.480 e. The van der Waals surface area contributed by atoms with E-state index in [9.17, 15) is 14.4 Å². The molecule has 0 saturated carbocycles.